The molecule has 1 unspecified atom stereocenters. The molecule has 0 saturated carbocycles. The molecular formula is C12H17ClFNO4S2. The number of alkyl halides is 1. The predicted molar refractivity (Wildman–Crippen MR) is 79.2 cm³/mol. The maximum absolute atomic E-state index is 13.8. The van der Waals surface area contributed by atoms with Crippen LogP contribution in [0.15, 0.2) is 28.0 Å². The van der Waals surface area contributed by atoms with E-state index in [0.717, 1.165) is 24.5 Å². The Morgan fingerprint density at radius 3 is 2.29 bits per heavy atom. The van der Waals surface area contributed by atoms with Crippen LogP contribution in [0.5, 0.6) is 0 Å². The smallest absolute Gasteiger partial charge is 0.224 e. The van der Waals surface area contributed by atoms with Crippen molar-refractivity contribution in [3.8, 4) is 0 Å². The van der Waals surface area contributed by atoms with Crippen LogP contribution in [0.25, 0.3) is 0 Å². The third-order valence-corrected chi connectivity index (χ3v) is 6.43. The molecule has 0 aromatic heterocycles. The summed E-state index contributed by atoms with van der Waals surface area (Å²) >= 11 is 5.73. The lowest BCUT2D eigenvalue weighted by Crippen LogP contribution is -2.47. The van der Waals surface area contributed by atoms with Crippen LogP contribution in [0, 0.1) is 5.82 Å². The van der Waals surface area contributed by atoms with Crippen LogP contribution in [0.2, 0.25) is 0 Å². The molecule has 0 amide bonds. The number of nitrogens with one attached hydrogen (secondary N) is 1. The summed E-state index contributed by atoms with van der Waals surface area (Å²) in [5, 5.41) is 0. The summed E-state index contributed by atoms with van der Waals surface area (Å²) < 4.78 is 63.5. The predicted octanol–water partition coefficient (Wildman–Crippen LogP) is 1.92. The molecule has 120 valence electrons. The van der Waals surface area contributed by atoms with E-state index in [0.29, 0.717) is 6.42 Å². The van der Waals surface area contributed by atoms with Gasteiger partial charge in [0.05, 0.1) is 4.90 Å². The van der Waals surface area contributed by atoms with Crippen LogP contribution in [0.3, 0.4) is 0 Å². The topological polar surface area (TPSA) is 80.3 Å². The fourth-order valence-electron chi connectivity index (χ4n) is 1.49. The molecule has 1 rings (SSSR count). The van der Waals surface area contributed by atoms with Crippen molar-refractivity contribution >= 4 is 31.5 Å². The minimum absolute atomic E-state index is 0.00385. The zero-order valence-electron chi connectivity index (χ0n) is 11.9. The van der Waals surface area contributed by atoms with Crippen molar-refractivity contribution in [1.29, 1.82) is 0 Å². The first-order valence-corrected chi connectivity index (χ1v) is 9.95. The molecule has 0 aliphatic rings. The monoisotopic (exact) mass is 357 g/mol. The van der Waals surface area contributed by atoms with E-state index in [2.05, 4.69) is 4.72 Å². The van der Waals surface area contributed by atoms with E-state index in [1.807, 2.05) is 0 Å². The average molecular weight is 358 g/mol. The Kier molecular flexibility index (Phi) is 5.41. The maximum Gasteiger partial charge on any atom is 0.244 e. The lowest BCUT2D eigenvalue weighted by Gasteiger charge is -2.26. The highest BCUT2D eigenvalue weighted by Gasteiger charge is 2.30. The summed E-state index contributed by atoms with van der Waals surface area (Å²) in [6.07, 6.45) is 1.31. The van der Waals surface area contributed by atoms with Crippen molar-refractivity contribution in [3.05, 3.63) is 24.0 Å². The molecule has 1 aromatic rings. The fraction of sp³-hybridized carbons (Fsp3) is 0.500. The maximum atomic E-state index is 13.8. The van der Waals surface area contributed by atoms with E-state index < -0.39 is 36.1 Å². The minimum atomic E-state index is -4.23. The number of hydrogen-bond donors (Lipinski definition) is 1. The molecule has 21 heavy (non-hydrogen) atoms. The Balaban J connectivity index is 3.39. The molecule has 0 radical (unpaired) electrons. The first-order chi connectivity index (χ1) is 9.45. The number of hydrogen-bond acceptors (Lipinski definition) is 4. The van der Waals surface area contributed by atoms with Crippen molar-refractivity contribution < 1.29 is 21.2 Å². The molecule has 5 nitrogen and oxygen atoms in total. The third-order valence-electron chi connectivity index (χ3n) is 3.08. The van der Waals surface area contributed by atoms with E-state index >= 15 is 0 Å². The molecule has 1 aromatic carbocycles. The Labute approximate surface area is 129 Å². The molecule has 0 fully saturated rings. The highest BCUT2D eigenvalue weighted by Crippen LogP contribution is 2.22. The summed E-state index contributed by atoms with van der Waals surface area (Å²) in [4.78, 5) is -0.983. The standard InChI is InChI=1S/C12H17ClFNO4S2/c1-4-12(2,8-13)15-21(18,19)11-7-9(20(3,16)17)5-6-10(11)14/h5-7,15H,4,8H2,1-3H3. The average Bonchev–Trinajstić information content (AvgIpc) is 2.37. The van der Waals surface area contributed by atoms with Crippen LogP contribution in [0.1, 0.15) is 20.3 Å². The minimum Gasteiger partial charge on any atom is -0.224 e. The van der Waals surface area contributed by atoms with Gasteiger partial charge in [-0.2, -0.15) is 0 Å². The number of rotatable bonds is 6. The molecule has 0 saturated heterocycles. The fourth-order valence-corrected chi connectivity index (χ4v) is 4.13. The second-order valence-corrected chi connectivity index (χ2v) is 8.95. The highest BCUT2D eigenvalue weighted by molar-refractivity contribution is 7.91. The molecule has 0 heterocycles. The van der Waals surface area contributed by atoms with Crippen LogP contribution in [-0.4, -0.2) is 34.5 Å². The van der Waals surface area contributed by atoms with Gasteiger partial charge in [-0.1, -0.05) is 6.92 Å². The Bertz CT molecular complexity index is 728. The van der Waals surface area contributed by atoms with Crippen molar-refractivity contribution in [1.82, 2.24) is 4.72 Å². The zero-order chi connectivity index (χ0) is 16.5. The van der Waals surface area contributed by atoms with E-state index in [1.165, 1.54) is 0 Å². The third kappa shape index (κ3) is 4.38. The van der Waals surface area contributed by atoms with Crippen LogP contribution in [-0.2, 0) is 19.9 Å². The van der Waals surface area contributed by atoms with E-state index in [-0.39, 0.29) is 10.8 Å². The molecular weight excluding hydrogens is 341 g/mol. The SMILES string of the molecule is CCC(C)(CCl)NS(=O)(=O)c1cc(S(C)(=O)=O)ccc1F. The second-order valence-electron chi connectivity index (χ2n) is 5.02. The van der Waals surface area contributed by atoms with Crippen molar-refractivity contribution in [2.75, 3.05) is 12.1 Å². The van der Waals surface area contributed by atoms with Gasteiger partial charge in [-0.15, -0.1) is 11.6 Å². The van der Waals surface area contributed by atoms with E-state index in [9.17, 15) is 21.2 Å². The van der Waals surface area contributed by atoms with Gasteiger partial charge >= 0.3 is 0 Å². The summed E-state index contributed by atoms with van der Waals surface area (Å²) in [5.74, 6) is -1.03. The molecule has 0 aliphatic heterocycles. The van der Waals surface area contributed by atoms with E-state index in [1.54, 1.807) is 13.8 Å². The van der Waals surface area contributed by atoms with Gasteiger partial charge in [0.15, 0.2) is 9.84 Å². The quantitative estimate of drug-likeness (QED) is 0.623. The Morgan fingerprint density at radius 2 is 1.86 bits per heavy atom. The van der Waals surface area contributed by atoms with Gasteiger partial charge in [0.1, 0.15) is 10.7 Å². The summed E-state index contributed by atoms with van der Waals surface area (Å²) in [6.45, 7) is 3.31. The lowest BCUT2D eigenvalue weighted by atomic mass is 10.0. The van der Waals surface area contributed by atoms with Crippen molar-refractivity contribution in [2.45, 2.75) is 35.6 Å². The normalized spacial score (nSPS) is 15.7. The number of benzene rings is 1. The largest absolute Gasteiger partial charge is 0.244 e. The van der Waals surface area contributed by atoms with Crippen molar-refractivity contribution in [2.24, 2.45) is 0 Å². The van der Waals surface area contributed by atoms with Gasteiger partial charge in [0, 0.05) is 17.7 Å². The molecule has 0 spiro atoms. The summed E-state index contributed by atoms with van der Waals surface area (Å²) in [6, 6.07) is 2.64. The van der Waals surface area contributed by atoms with Crippen molar-refractivity contribution in [3.63, 3.8) is 0 Å². The first kappa shape index (κ1) is 18.3. The molecule has 9 heteroatoms. The molecule has 1 atom stereocenters. The van der Waals surface area contributed by atoms with Crippen LogP contribution < -0.4 is 4.72 Å². The molecule has 0 bridgehead atoms. The van der Waals surface area contributed by atoms with Crippen LogP contribution in [0.4, 0.5) is 4.39 Å². The Morgan fingerprint density at radius 1 is 1.29 bits per heavy atom. The van der Waals surface area contributed by atoms with Gasteiger partial charge in [-0.25, -0.2) is 25.9 Å². The number of sulfonamides is 1. The first-order valence-electron chi connectivity index (χ1n) is 6.05. The lowest BCUT2D eigenvalue weighted by molar-refractivity contribution is 0.442. The second kappa shape index (κ2) is 6.20. The van der Waals surface area contributed by atoms with Gasteiger partial charge in [-0.05, 0) is 31.5 Å². The summed E-state index contributed by atoms with van der Waals surface area (Å²) in [7, 11) is -7.87. The van der Waals surface area contributed by atoms with Crippen LogP contribution >= 0.6 is 11.6 Å². The van der Waals surface area contributed by atoms with Gasteiger partial charge in [0.2, 0.25) is 10.0 Å². The highest BCUT2D eigenvalue weighted by atomic mass is 35.5. The van der Waals surface area contributed by atoms with E-state index in [4.69, 9.17) is 11.6 Å². The Hall–Kier alpha value is -0.700. The number of halogens is 2. The molecule has 0 aliphatic carbocycles. The summed E-state index contributed by atoms with van der Waals surface area (Å²) in [5.41, 5.74) is -0.950. The zero-order valence-corrected chi connectivity index (χ0v) is 14.2. The van der Waals surface area contributed by atoms with Gasteiger partial charge in [-0.3, -0.25) is 0 Å². The van der Waals surface area contributed by atoms with Gasteiger partial charge in [0.25, 0.3) is 0 Å². The number of sulfone groups is 1. The van der Waals surface area contributed by atoms with Gasteiger partial charge < -0.3 is 0 Å². The molecule has 1 N–H and O–H groups in total.